The first-order valence-electron chi connectivity index (χ1n) is 6.90. The highest BCUT2D eigenvalue weighted by molar-refractivity contribution is 7.92. The highest BCUT2D eigenvalue weighted by atomic mass is 32.2. The Morgan fingerprint density at radius 3 is 2.40 bits per heavy atom. The van der Waals surface area contributed by atoms with Gasteiger partial charge in [-0.3, -0.25) is 4.72 Å². The fourth-order valence-corrected chi connectivity index (χ4v) is 3.27. The van der Waals surface area contributed by atoms with E-state index in [0.29, 0.717) is 11.5 Å². The summed E-state index contributed by atoms with van der Waals surface area (Å²) in [7, 11) is -4.40. The number of nitrogens with one attached hydrogen (secondary N) is 1. The SMILES string of the molecule is O=c1oc2ccccc2cc1NS(=O)(=O)c1cccc(C(F)(F)F)c1. The van der Waals surface area contributed by atoms with E-state index in [-0.39, 0.29) is 5.58 Å². The van der Waals surface area contributed by atoms with Gasteiger partial charge in [0, 0.05) is 5.39 Å². The van der Waals surface area contributed by atoms with Crippen molar-refractivity contribution in [3.05, 3.63) is 70.6 Å². The van der Waals surface area contributed by atoms with E-state index in [9.17, 15) is 26.4 Å². The largest absolute Gasteiger partial charge is 0.421 e. The molecule has 1 heterocycles. The molecule has 130 valence electrons. The molecule has 0 unspecified atom stereocenters. The van der Waals surface area contributed by atoms with Crippen LogP contribution in [0.15, 0.2) is 68.7 Å². The van der Waals surface area contributed by atoms with Gasteiger partial charge in [-0.25, -0.2) is 13.2 Å². The van der Waals surface area contributed by atoms with Gasteiger partial charge in [0.2, 0.25) is 0 Å². The maximum Gasteiger partial charge on any atom is 0.416 e. The van der Waals surface area contributed by atoms with Gasteiger partial charge in [0.05, 0.1) is 10.5 Å². The van der Waals surface area contributed by atoms with Crippen LogP contribution >= 0.6 is 0 Å². The van der Waals surface area contributed by atoms with Crippen LogP contribution in [0.5, 0.6) is 0 Å². The molecule has 0 fully saturated rings. The summed E-state index contributed by atoms with van der Waals surface area (Å²) in [5, 5.41) is 0.462. The summed E-state index contributed by atoms with van der Waals surface area (Å²) in [6.07, 6.45) is -4.69. The van der Waals surface area contributed by atoms with Gasteiger partial charge in [0.1, 0.15) is 11.3 Å². The number of halogens is 3. The lowest BCUT2D eigenvalue weighted by Crippen LogP contribution is -2.19. The summed E-state index contributed by atoms with van der Waals surface area (Å²) in [5.74, 6) is 0. The van der Waals surface area contributed by atoms with E-state index in [1.54, 1.807) is 18.2 Å². The molecule has 0 saturated carbocycles. The number of benzene rings is 2. The van der Waals surface area contributed by atoms with Crippen molar-refractivity contribution < 1.29 is 26.0 Å². The Morgan fingerprint density at radius 1 is 0.960 bits per heavy atom. The van der Waals surface area contributed by atoms with Crippen molar-refractivity contribution in [2.24, 2.45) is 0 Å². The highest BCUT2D eigenvalue weighted by Crippen LogP contribution is 2.30. The lowest BCUT2D eigenvalue weighted by atomic mass is 10.2. The summed E-state index contributed by atoms with van der Waals surface area (Å²) in [4.78, 5) is 11.3. The third-order valence-corrected chi connectivity index (χ3v) is 4.72. The number of hydrogen-bond donors (Lipinski definition) is 1. The molecular weight excluding hydrogens is 359 g/mol. The maximum absolute atomic E-state index is 12.7. The first-order valence-corrected chi connectivity index (χ1v) is 8.38. The van der Waals surface area contributed by atoms with Gasteiger partial charge in [0.25, 0.3) is 10.0 Å². The third kappa shape index (κ3) is 3.50. The molecule has 0 aliphatic rings. The summed E-state index contributed by atoms with van der Waals surface area (Å²) < 4.78 is 69.8. The molecule has 2 aromatic carbocycles. The van der Waals surface area contributed by atoms with Crippen LogP contribution in [0.1, 0.15) is 5.56 Å². The zero-order chi connectivity index (χ0) is 18.2. The van der Waals surface area contributed by atoms with Crippen LogP contribution in [0, 0.1) is 0 Å². The van der Waals surface area contributed by atoms with Crippen LogP contribution in [0.4, 0.5) is 18.9 Å². The van der Waals surface area contributed by atoms with Crippen LogP contribution < -0.4 is 10.3 Å². The molecule has 0 saturated heterocycles. The molecule has 3 rings (SSSR count). The number of sulfonamides is 1. The molecule has 0 aliphatic carbocycles. The van der Waals surface area contributed by atoms with E-state index >= 15 is 0 Å². The molecule has 0 aliphatic heterocycles. The second kappa shape index (κ2) is 5.92. The molecule has 0 atom stereocenters. The standard InChI is InChI=1S/C16H10F3NO4S/c17-16(18,19)11-5-3-6-12(9-11)25(22,23)20-13-8-10-4-1-2-7-14(10)24-15(13)21/h1-9,20H. The summed E-state index contributed by atoms with van der Waals surface area (Å²) in [6, 6.07) is 10.9. The lowest BCUT2D eigenvalue weighted by molar-refractivity contribution is -0.137. The first kappa shape index (κ1) is 17.0. The zero-order valence-corrected chi connectivity index (χ0v) is 13.2. The van der Waals surface area contributed by atoms with E-state index in [0.717, 1.165) is 18.2 Å². The van der Waals surface area contributed by atoms with Crippen LogP contribution in [-0.4, -0.2) is 8.42 Å². The molecular formula is C16H10F3NO4S. The molecule has 0 spiro atoms. The van der Waals surface area contributed by atoms with Crippen molar-refractivity contribution in [2.75, 3.05) is 4.72 Å². The van der Waals surface area contributed by atoms with Gasteiger partial charge in [-0.2, -0.15) is 13.2 Å². The quantitative estimate of drug-likeness (QED) is 0.716. The van der Waals surface area contributed by atoms with Crippen LogP contribution in [0.25, 0.3) is 11.0 Å². The Bertz CT molecular complexity index is 1100. The number of alkyl halides is 3. The van der Waals surface area contributed by atoms with Crippen molar-refractivity contribution in [3.63, 3.8) is 0 Å². The summed E-state index contributed by atoms with van der Waals surface area (Å²) in [6.45, 7) is 0. The van der Waals surface area contributed by atoms with E-state index in [1.807, 2.05) is 4.72 Å². The molecule has 5 nitrogen and oxygen atoms in total. The van der Waals surface area contributed by atoms with Gasteiger partial charge in [-0.05, 0) is 30.3 Å². The minimum absolute atomic E-state index is 0.259. The Kier molecular flexibility index (Phi) is 4.03. The average Bonchev–Trinajstić information content (AvgIpc) is 2.55. The Labute approximate surface area is 139 Å². The number of anilines is 1. The predicted molar refractivity (Wildman–Crippen MR) is 84.7 cm³/mol. The monoisotopic (exact) mass is 369 g/mol. The molecule has 3 aromatic rings. The van der Waals surface area contributed by atoms with E-state index in [4.69, 9.17) is 4.42 Å². The predicted octanol–water partition coefficient (Wildman–Crippen LogP) is 3.61. The molecule has 25 heavy (non-hydrogen) atoms. The van der Waals surface area contributed by atoms with Crippen molar-refractivity contribution in [2.45, 2.75) is 11.1 Å². The minimum Gasteiger partial charge on any atom is -0.421 e. The third-order valence-electron chi connectivity index (χ3n) is 3.36. The Hall–Kier alpha value is -2.81. The topological polar surface area (TPSA) is 76.4 Å². The van der Waals surface area contributed by atoms with E-state index in [2.05, 4.69) is 0 Å². The average molecular weight is 369 g/mol. The van der Waals surface area contributed by atoms with Crippen LogP contribution in [0.3, 0.4) is 0 Å². The molecule has 0 amide bonds. The van der Waals surface area contributed by atoms with Crippen LogP contribution in [-0.2, 0) is 16.2 Å². The number of para-hydroxylation sites is 1. The molecule has 0 radical (unpaired) electrons. The molecule has 1 N–H and O–H groups in total. The fourth-order valence-electron chi connectivity index (χ4n) is 2.18. The number of hydrogen-bond acceptors (Lipinski definition) is 4. The van der Waals surface area contributed by atoms with Crippen molar-refractivity contribution in [3.8, 4) is 0 Å². The van der Waals surface area contributed by atoms with Gasteiger partial charge >= 0.3 is 11.8 Å². The summed E-state index contributed by atoms with van der Waals surface area (Å²) >= 11 is 0. The van der Waals surface area contributed by atoms with Crippen molar-refractivity contribution >= 4 is 26.7 Å². The number of fused-ring (bicyclic) bond motifs is 1. The highest BCUT2D eigenvalue weighted by Gasteiger charge is 2.31. The van der Waals surface area contributed by atoms with Crippen LogP contribution in [0.2, 0.25) is 0 Å². The molecule has 9 heteroatoms. The summed E-state index contributed by atoms with van der Waals surface area (Å²) in [5.41, 5.74) is -2.19. The second-order valence-electron chi connectivity index (χ2n) is 5.12. The van der Waals surface area contributed by atoms with Gasteiger partial charge < -0.3 is 4.42 Å². The second-order valence-corrected chi connectivity index (χ2v) is 6.80. The van der Waals surface area contributed by atoms with Gasteiger partial charge in [0.15, 0.2) is 0 Å². The fraction of sp³-hybridized carbons (Fsp3) is 0.0625. The lowest BCUT2D eigenvalue weighted by Gasteiger charge is -2.10. The zero-order valence-electron chi connectivity index (χ0n) is 12.4. The minimum atomic E-state index is -4.69. The smallest absolute Gasteiger partial charge is 0.416 e. The Balaban J connectivity index is 2.03. The number of rotatable bonds is 3. The molecule has 0 bridgehead atoms. The van der Waals surface area contributed by atoms with Crippen molar-refractivity contribution in [1.82, 2.24) is 0 Å². The normalized spacial score (nSPS) is 12.3. The van der Waals surface area contributed by atoms with E-state index in [1.165, 1.54) is 12.1 Å². The van der Waals surface area contributed by atoms with Gasteiger partial charge in [-0.15, -0.1) is 0 Å². The van der Waals surface area contributed by atoms with Gasteiger partial charge in [-0.1, -0.05) is 24.3 Å². The first-order chi connectivity index (χ1) is 11.7. The maximum atomic E-state index is 12.7. The Morgan fingerprint density at radius 2 is 1.68 bits per heavy atom. The van der Waals surface area contributed by atoms with Crippen molar-refractivity contribution in [1.29, 1.82) is 0 Å². The molecule has 1 aromatic heterocycles. The van der Waals surface area contributed by atoms with E-state index < -0.39 is 38.0 Å².